The van der Waals surface area contributed by atoms with Crippen LogP contribution in [-0.4, -0.2) is 70.5 Å². The number of nitrogens with zero attached hydrogens (tertiary/aromatic N) is 4. The molecule has 0 saturated carbocycles. The first-order chi connectivity index (χ1) is 13.4. The van der Waals surface area contributed by atoms with Gasteiger partial charge in [-0.15, -0.1) is 0 Å². The number of amides is 1. The number of carbonyl (C=O) groups is 1. The monoisotopic (exact) mass is 406 g/mol. The number of imidazole rings is 1. The molecule has 0 spiro atoms. The van der Waals surface area contributed by atoms with E-state index in [-0.39, 0.29) is 10.8 Å². The minimum absolute atomic E-state index is 0.0147. The Labute approximate surface area is 164 Å². The predicted octanol–water partition coefficient (Wildman–Crippen LogP) is 0.884. The van der Waals surface area contributed by atoms with E-state index in [1.807, 2.05) is 11.6 Å². The quantitative estimate of drug-likeness (QED) is 0.795. The van der Waals surface area contributed by atoms with Crippen molar-refractivity contribution in [2.45, 2.75) is 43.1 Å². The highest BCUT2D eigenvalue weighted by Gasteiger charge is 2.28. The molecule has 0 unspecified atom stereocenters. The summed E-state index contributed by atoms with van der Waals surface area (Å²) in [7, 11) is -1.60. The van der Waals surface area contributed by atoms with Crippen LogP contribution in [0.15, 0.2) is 23.1 Å². The van der Waals surface area contributed by atoms with Gasteiger partial charge in [-0.25, -0.2) is 13.4 Å². The molecule has 2 fully saturated rings. The van der Waals surface area contributed by atoms with Crippen molar-refractivity contribution in [1.82, 2.24) is 18.8 Å². The molecule has 1 aromatic heterocycles. The average molecular weight is 407 g/mol. The molecule has 9 heteroatoms. The summed E-state index contributed by atoms with van der Waals surface area (Å²) in [5.41, 5.74) is 1.47. The molecule has 28 heavy (non-hydrogen) atoms. The number of hydrogen-bond acceptors (Lipinski definition) is 5. The Morgan fingerprint density at radius 3 is 2.68 bits per heavy atom. The number of β-amino-alcohol motifs (C(OH)–C–C–N with tert-alkyl or cyclic N) is 1. The van der Waals surface area contributed by atoms with E-state index >= 15 is 0 Å². The van der Waals surface area contributed by atoms with Gasteiger partial charge in [0.1, 0.15) is 5.82 Å². The smallest absolute Gasteiger partial charge is 0.243 e. The third-order valence-electron chi connectivity index (χ3n) is 5.73. The van der Waals surface area contributed by atoms with E-state index in [1.165, 1.54) is 4.31 Å². The minimum atomic E-state index is -3.48. The maximum Gasteiger partial charge on any atom is 0.243 e. The molecule has 2 saturated heterocycles. The number of aromatic nitrogens is 2. The summed E-state index contributed by atoms with van der Waals surface area (Å²) in [6.07, 6.45) is 2.81. The molecule has 1 amide bonds. The first-order valence-corrected chi connectivity index (χ1v) is 11.2. The molecule has 1 atom stereocenters. The first kappa shape index (κ1) is 19.4. The van der Waals surface area contributed by atoms with E-state index in [4.69, 9.17) is 0 Å². The van der Waals surface area contributed by atoms with Gasteiger partial charge in [0.25, 0.3) is 0 Å². The van der Waals surface area contributed by atoms with Gasteiger partial charge in [0, 0.05) is 46.1 Å². The Kier molecular flexibility index (Phi) is 5.15. The standard InChI is InChI=1S/C19H26N4O4S/c1-21-17-5-4-15(28(26,27)23-9-2-3-10-23)12-16(17)20-18(21)6-7-19(25)22-11-8-14(24)13-22/h4-5,12,14,24H,2-3,6-11,13H2,1H3/t14-/m0/s1. The maximum atomic E-state index is 12.8. The number of aliphatic hydroxyl groups is 1. The van der Waals surface area contributed by atoms with Crippen LogP contribution >= 0.6 is 0 Å². The summed E-state index contributed by atoms with van der Waals surface area (Å²) in [6.45, 7) is 2.14. The molecule has 8 nitrogen and oxygen atoms in total. The number of fused-ring (bicyclic) bond motifs is 1. The molecule has 1 aromatic carbocycles. The molecule has 2 aliphatic heterocycles. The summed E-state index contributed by atoms with van der Waals surface area (Å²) in [4.78, 5) is 18.9. The number of sulfonamides is 1. The minimum Gasteiger partial charge on any atom is -0.391 e. The van der Waals surface area contributed by atoms with Gasteiger partial charge < -0.3 is 14.6 Å². The van der Waals surface area contributed by atoms with E-state index in [2.05, 4.69) is 4.98 Å². The van der Waals surface area contributed by atoms with Crippen LogP contribution in [0.4, 0.5) is 0 Å². The number of hydrogen-bond donors (Lipinski definition) is 1. The van der Waals surface area contributed by atoms with Crippen LogP contribution in [0.2, 0.25) is 0 Å². The van der Waals surface area contributed by atoms with Crippen LogP contribution in [0.25, 0.3) is 11.0 Å². The van der Waals surface area contributed by atoms with Crippen LogP contribution in [0.3, 0.4) is 0 Å². The van der Waals surface area contributed by atoms with Crippen molar-refractivity contribution in [2.75, 3.05) is 26.2 Å². The number of carbonyl (C=O) groups excluding carboxylic acids is 1. The topological polar surface area (TPSA) is 95.7 Å². The van der Waals surface area contributed by atoms with E-state index in [0.717, 1.165) is 24.2 Å². The Hall–Kier alpha value is -1.97. The Morgan fingerprint density at radius 1 is 1.25 bits per heavy atom. The summed E-state index contributed by atoms with van der Waals surface area (Å²) < 4.78 is 29.0. The lowest BCUT2D eigenvalue weighted by Crippen LogP contribution is -2.29. The molecule has 2 aromatic rings. The summed E-state index contributed by atoms with van der Waals surface area (Å²) in [5, 5.41) is 9.58. The SMILES string of the molecule is Cn1c(CCC(=O)N2CC[C@H](O)C2)nc2cc(S(=O)(=O)N3CCCC3)ccc21. The Morgan fingerprint density at radius 2 is 2.00 bits per heavy atom. The molecular formula is C19H26N4O4S. The molecule has 4 rings (SSSR count). The highest BCUT2D eigenvalue weighted by Crippen LogP contribution is 2.25. The number of likely N-dealkylation sites (tertiary alicyclic amines) is 1. The Bertz CT molecular complexity index is 995. The van der Waals surface area contributed by atoms with Crippen LogP contribution in [0.1, 0.15) is 31.5 Å². The van der Waals surface area contributed by atoms with Crippen molar-refractivity contribution >= 4 is 27.0 Å². The molecule has 3 heterocycles. The normalized spacial score (nSPS) is 21.1. The fourth-order valence-corrected chi connectivity index (χ4v) is 5.57. The Balaban J connectivity index is 1.52. The van der Waals surface area contributed by atoms with E-state index < -0.39 is 16.1 Å². The van der Waals surface area contributed by atoms with E-state index in [0.29, 0.717) is 51.0 Å². The van der Waals surface area contributed by atoms with Crippen molar-refractivity contribution in [3.63, 3.8) is 0 Å². The van der Waals surface area contributed by atoms with Crippen LogP contribution < -0.4 is 0 Å². The number of rotatable bonds is 5. The van der Waals surface area contributed by atoms with Crippen LogP contribution in [0, 0.1) is 0 Å². The molecule has 0 aliphatic carbocycles. The van der Waals surface area contributed by atoms with E-state index in [9.17, 15) is 18.3 Å². The molecule has 1 N–H and O–H groups in total. The summed E-state index contributed by atoms with van der Waals surface area (Å²) in [6, 6.07) is 5.05. The van der Waals surface area contributed by atoms with Crippen molar-refractivity contribution in [3.05, 3.63) is 24.0 Å². The lowest BCUT2D eigenvalue weighted by atomic mass is 10.2. The third-order valence-corrected chi connectivity index (χ3v) is 7.62. The fourth-order valence-electron chi connectivity index (χ4n) is 4.04. The lowest BCUT2D eigenvalue weighted by molar-refractivity contribution is -0.130. The molecule has 2 aliphatic rings. The second kappa shape index (κ2) is 7.46. The van der Waals surface area contributed by atoms with Crippen molar-refractivity contribution in [1.29, 1.82) is 0 Å². The highest BCUT2D eigenvalue weighted by molar-refractivity contribution is 7.89. The van der Waals surface area contributed by atoms with E-state index in [1.54, 1.807) is 23.1 Å². The van der Waals surface area contributed by atoms with Crippen molar-refractivity contribution < 1.29 is 18.3 Å². The largest absolute Gasteiger partial charge is 0.391 e. The van der Waals surface area contributed by atoms with Gasteiger partial charge in [-0.3, -0.25) is 4.79 Å². The van der Waals surface area contributed by atoms with Gasteiger partial charge in [-0.2, -0.15) is 4.31 Å². The van der Waals surface area contributed by atoms with Gasteiger partial charge in [0.15, 0.2) is 0 Å². The van der Waals surface area contributed by atoms with Crippen molar-refractivity contribution in [3.8, 4) is 0 Å². The molecule has 152 valence electrons. The van der Waals surface area contributed by atoms with Crippen molar-refractivity contribution in [2.24, 2.45) is 7.05 Å². The number of aliphatic hydroxyl groups excluding tert-OH is 1. The van der Waals surface area contributed by atoms with Gasteiger partial charge in [0.05, 0.1) is 22.0 Å². The molecular weight excluding hydrogens is 380 g/mol. The zero-order valence-electron chi connectivity index (χ0n) is 16.0. The van der Waals surface area contributed by atoms with Crippen LogP contribution in [-0.2, 0) is 28.3 Å². The third kappa shape index (κ3) is 3.54. The summed E-state index contributed by atoms with van der Waals surface area (Å²) in [5.74, 6) is 0.764. The zero-order chi connectivity index (χ0) is 19.9. The zero-order valence-corrected chi connectivity index (χ0v) is 16.9. The highest BCUT2D eigenvalue weighted by atomic mass is 32.2. The number of aryl methyl sites for hydroxylation is 2. The second-order valence-electron chi connectivity index (χ2n) is 7.63. The average Bonchev–Trinajstić information content (AvgIpc) is 3.41. The second-order valence-corrected chi connectivity index (χ2v) is 9.57. The lowest BCUT2D eigenvalue weighted by Gasteiger charge is -2.15. The molecule has 0 bridgehead atoms. The van der Waals surface area contributed by atoms with Gasteiger partial charge >= 0.3 is 0 Å². The first-order valence-electron chi connectivity index (χ1n) is 9.77. The van der Waals surface area contributed by atoms with Crippen LogP contribution in [0.5, 0.6) is 0 Å². The predicted molar refractivity (Wildman–Crippen MR) is 104 cm³/mol. The van der Waals surface area contributed by atoms with Gasteiger partial charge in [-0.1, -0.05) is 0 Å². The number of benzene rings is 1. The maximum absolute atomic E-state index is 12.8. The molecule has 0 radical (unpaired) electrons. The van der Waals surface area contributed by atoms with Gasteiger partial charge in [-0.05, 0) is 37.5 Å². The fraction of sp³-hybridized carbons (Fsp3) is 0.579. The summed E-state index contributed by atoms with van der Waals surface area (Å²) >= 11 is 0. The van der Waals surface area contributed by atoms with Gasteiger partial charge in [0.2, 0.25) is 15.9 Å².